The van der Waals surface area contributed by atoms with Crippen molar-refractivity contribution in [1.82, 2.24) is 4.90 Å². The molecule has 1 unspecified atom stereocenters. The zero-order valence-corrected chi connectivity index (χ0v) is 25.0. The minimum Gasteiger partial charge on any atom is -0.508 e. The molecule has 4 rings (SSSR count). The number of aryl methyl sites for hydroxylation is 2. The van der Waals surface area contributed by atoms with E-state index < -0.39 is 0 Å². The number of benzene rings is 3. The van der Waals surface area contributed by atoms with Crippen LogP contribution in [-0.4, -0.2) is 57.5 Å². The standard InChI is InChI=1S/C34H45FN2O4/c1-5-6-16-37(2)17-18-41-32-14-9-24(19-30(32)35)8-7-15-36-31-23-34(40-4)33(39-3)22-29(31)27-11-10-26-21-28(38)13-12-25(26)20-27/h9,12-14,19,21-23,27,36,38H,5-8,10-11,15-18,20H2,1-4H3. The van der Waals surface area contributed by atoms with Gasteiger partial charge >= 0.3 is 0 Å². The quantitative estimate of drug-likeness (QED) is 0.194. The molecule has 0 heterocycles. The second kappa shape index (κ2) is 15.0. The average Bonchev–Trinajstić information content (AvgIpc) is 2.98. The third kappa shape index (κ3) is 8.29. The minimum absolute atomic E-state index is 0.306. The highest BCUT2D eigenvalue weighted by atomic mass is 19.1. The molecule has 0 aromatic heterocycles. The number of hydrogen-bond acceptors (Lipinski definition) is 6. The number of anilines is 1. The summed E-state index contributed by atoms with van der Waals surface area (Å²) in [6.07, 6.45) is 6.74. The van der Waals surface area contributed by atoms with Crippen molar-refractivity contribution in [2.45, 2.75) is 57.8 Å². The summed E-state index contributed by atoms with van der Waals surface area (Å²) in [7, 11) is 5.38. The molecule has 222 valence electrons. The molecule has 1 aliphatic carbocycles. The minimum atomic E-state index is -0.306. The Kier molecular flexibility index (Phi) is 11.1. The molecule has 0 spiro atoms. The van der Waals surface area contributed by atoms with E-state index in [1.54, 1.807) is 32.4 Å². The van der Waals surface area contributed by atoms with Crippen molar-refractivity contribution in [3.05, 3.63) is 76.6 Å². The Hall–Kier alpha value is -3.45. The van der Waals surface area contributed by atoms with Gasteiger partial charge in [-0.25, -0.2) is 4.39 Å². The Morgan fingerprint density at radius 1 is 0.951 bits per heavy atom. The molecule has 3 aromatic carbocycles. The van der Waals surface area contributed by atoms with Gasteiger partial charge in [0, 0.05) is 24.8 Å². The van der Waals surface area contributed by atoms with Crippen molar-refractivity contribution in [1.29, 1.82) is 0 Å². The van der Waals surface area contributed by atoms with Crippen LogP contribution in [0.5, 0.6) is 23.0 Å². The molecule has 7 heteroatoms. The van der Waals surface area contributed by atoms with E-state index in [0.29, 0.717) is 29.8 Å². The number of phenolic OH excluding ortho intramolecular Hbond substituents is 1. The van der Waals surface area contributed by atoms with Gasteiger partial charge in [0.25, 0.3) is 0 Å². The molecule has 0 radical (unpaired) electrons. The van der Waals surface area contributed by atoms with Gasteiger partial charge < -0.3 is 29.5 Å². The van der Waals surface area contributed by atoms with Crippen molar-refractivity contribution in [2.24, 2.45) is 0 Å². The number of rotatable bonds is 15. The number of nitrogens with zero attached hydrogens (tertiary/aromatic N) is 1. The molecule has 0 fully saturated rings. The summed E-state index contributed by atoms with van der Waals surface area (Å²) in [5.41, 5.74) is 5.69. The van der Waals surface area contributed by atoms with Crippen molar-refractivity contribution >= 4 is 5.69 Å². The molecule has 3 aromatic rings. The van der Waals surface area contributed by atoms with Gasteiger partial charge in [-0.3, -0.25) is 0 Å². The maximum atomic E-state index is 14.7. The lowest BCUT2D eigenvalue weighted by Crippen LogP contribution is -2.25. The number of methoxy groups -OCH3 is 2. The first-order valence-electron chi connectivity index (χ1n) is 14.8. The zero-order valence-electron chi connectivity index (χ0n) is 25.0. The lowest BCUT2D eigenvalue weighted by atomic mass is 9.79. The number of unbranched alkanes of at least 4 members (excludes halogenated alkanes) is 1. The molecule has 1 atom stereocenters. The van der Waals surface area contributed by atoms with E-state index in [2.05, 4.69) is 30.3 Å². The third-order valence-corrected chi connectivity index (χ3v) is 7.99. The Balaban J connectivity index is 1.35. The number of phenols is 1. The van der Waals surface area contributed by atoms with Crippen molar-refractivity contribution in [3.63, 3.8) is 0 Å². The molecule has 2 N–H and O–H groups in total. The van der Waals surface area contributed by atoms with Gasteiger partial charge in [0.15, 0.2) is 23.1 Å². The van der Waals surface area contributed by atoms with Crippen molar-refractivity contribution < 1.29 is 23.7 Å². The molecular weight excluding hydrogens is 519 g/mol. The molecule has 0 saturated carbocycles. The number of nitrogens with one attached hydrogen (secondary N) is 1. The Morgan fingerprint density at radius 2 is 1.76 bits per heavy atom. The van der Waals surface area contributed by atoms with Crippen LogP contribution in [0.3, 0.4) is 0 Å². The Morgan fingerprint density at radius 3 is 2.51 bits per heavy atom. The van der Waals surface area contributed by atoms with Gasteiger partial charge in [0.1, 0.15) is 12.4 Å². The fourth-order valence-electron chi connectivity index (χ4n) is 5.58. The van der Waals surface area contributed by atoms with Gasteiger partial charge in [0.05, 0.1) is 14.2 Å². The molecule has 1 aliphatic rings. The molecule has 0 bridgehead atoms. The summed E-state index contributed by atoms with van der Waals surface area (Å²) in [6, 6.07) is 15.1. The number of ether oxygens (including phenoxy) is 3. The first-order valence-corrected chi connectivity index (χ1v) is 14.8. The van der Waals surface area contributed by atoms with Gasteiger partial charge in [-0.1, -0.05) is 25.5 Å². The van der Waals surface area contributed by atoms with E-state index in [4.69, 9.17) is 14.2 Å². The number of aromatic hydroxyl groups is 1. The smallest absolute Gasteiger partial charge is 0.165 e. The van der Waals surface area contributed by atoms with Crippen LogP contribution in [0, 0.1) is 5.82 Å². The van der Waals surface area contributed by atoms with Crippen LogP contribution < -0.4 is 19.5 Å². The fourth-order valence-corrected chi connectivity index (χ4v) is 5.58. The van der Waals surface area contributed by atoms with Crippen LogP contribution in [0.25, 0.3) is 0 Å². The second-order valence-corrected chi connectivity index (χ2v) is 11.0. The zero-order chi connectivity index (χ0) is 29.2. The van der Waals surface area contributed by atoms with Gasteiger partial charge in [-0.15, -0.1) is 0 Å². The van der Waals surface area contributed by atoms with Gasteiger partial charge in [0.2, 0.25) is 0 Å². The van der Waals surface area contributed by atoms with Crippen LogP contribution in [0.2, 0.25) is 0 Å². The molecule has 0 saturated heterocycles. The first-order chi connectivity index (χ1) is 19.9. The van der Waals surface area contributed by atoms with Crippen molar-refractivity contribution in [2.75, 3.05) is 52.8 Å². The Labute approximate surface area is 244 Å². The summed E-state index contributed by atoms with van der Waals surface area (Å²) in [5, 5.41) is 13.5. The van der Waals surface area contributed by atoms with E-state index in [-0.39, 0.29) is 5.82 Å². The molecule has 6 nitrogen and oxygen atoms in total. The maximum absolute atomic E-state index is 14.7. The van der Waals surface area contributed by atoms with Crippen LogP contribution in [0.4, 0.5) is 10.1 Å². The summed E-state index contributed by atoms with van der Waals surface area (Å²) < 4.78 is 31.6. The number of likely N-dealkylation sites (N-methyl/N-ethyl adjacent to an activating group) is 1. The topological polar surface area (TPSA) is 63.2 Å². The summed E-state index contributed by atoms with van der Waals surface area (Å²) in [6.45, 7) is 5.20. The van der Waals surface area contributed by atoms with E-state index in [1.807, 2.05) is 24.3 Å². The summed E-state index contributed by atoms with van der Waals surface area (Å²) in [4.78, 5) is 2.21. The van der Waals surface area contributed by atoms with E-state index in [9.17, 15) is 9.50 Å². The fraction of sp³-hybridized carbons (Fsp3) is 0.471. The SMILES string of the molecule is CCCCN(C)CCOc1ccc(CCCNc2cc(OC)c(OC)cc2C2CCc3cc(O)ccc3C2)cc1F. The normalized spacial score (nSPS) is 14.5. The molecule has 41 heavy (non-hydrogen) atoms. The van der Waals surface area contributed by atoms with E-state index >= 15 is 0 Å². The maximum Gasteiger partial charge on any atom is 0.165 e. The predicted molar refractivity (Wildman–Crippen MR) is 164 cm³/mol. The monoisotopic (exact) mass is 564 g/mol. The highest BCUT2D eigenvalue weighted by Crippen LogP contribution is 2.42. The van der Waals surface area contributed by atoms with Crippen LogP contribution in [-0.2, 0) is 19.3 Å². The highest BCUT2D eigenvalue weighted by molar-refractivity contribution is 5.62. The lowest BCUT2D eigenvalue weighted by molar-refractivity contribution is 0.229. The van der Waals surface area contributed by atoms with Crippen LogP contribution >= 0.6 is 0 Å². The second-order valence-electron chi connectivity index (χ2n) is 11.0. The summed E-state index contributed by atoms with van der Waals surface area (Å²) >= 11 is 0. The number of halogens is 1. The first kappa shape index (κ1) is 30.5. The van der Waals surface area contributed by atoms with Gasteiger partial charge in [-0.2, -0.15) is 0 Å². The average molecular weight is 565 g/mol. The van der Waals surface area contributed by atoms with Crippen LogP contribution in [0.1, 0.15) is 60.8 Å². The van der Waals surface area contributed by atoms with E-state index in [0.717, 1.165) is 81.6 Å². The summed E-state index contributed by atoms with van der Waals surface area (Å²) in [5.74, 6) is 2.06. The van der Waals surface area contributed by atoms with Crippen molar-refractivity contribution in [3.8, 4) is 23.0 Å². The predicted octanol–water partition coefficient (Wildman–Crippen LogP) is 6.98. The number of hydrogen-bond donors (Lipinski definition) is 2. The van der Waals surface area contributed by atoms with E-state index in [1.165, 1.54) is 16.7 Å². The van der Waals surface area contributed by atoms with Gasteiger partial charge in [-0.05, 0) is 111 Å². The molecule has 0 aliphatic heterocycles. The largest absolute Gasteiger partial charge is 0.508 e. The molecular formula is C34H45FN2O4. The van der Waals surface area contributed by atoms with Crippen LogP contribution in [0.15, 0.2) is 48.5 Å². The lowest BCUT2D eigenvalue weighted by Gasteiger charge is -2.28. The molecule has 0 amide bonds. The number of fused-ring (bicyclic) bond motifs is 1. The highest BCUT2D eigenvalue weighted by Gasteiger charge is 2.24. The Bertz CT molecular complexity index is 1280. The third-order valence-electron chi connectivity index (χ3n) is 7.99.